The van der Waals surface area contributed by atoms with Crippen molar-refractivity contribution in [3.63, 3.8) is 0 Å². The number of fused-ring (bicyclic) bond motifs is 1. The number of alkyl halides is 1. The first-order chi connectivity index (χ1) is 27.1. The Bertz CT molecular complexity index is 1930. The van der Waals surface area contributed by atoms with Gasteiger partial charge in [-0.15, -0.1) is 0 Å². The first-order valence-electron chi connectivity index (χ1n) is 19.8. The van der Waals surface area contributed by atoms with Crippen molar-refractivity contribution in [1.82, 2.24) is 16.0 Å². The first-order valence-corrected chi connectivity index (χ1v) is 19.8. The Hall–Kier alpha value is -5.37. The molecule has 0 aliphatic heterocycles. The van der Waals surface area contributed by atoms with E-state index < -0.39 is 76.5 Å². The fourth-order valence-electron chi connectivity index (χ4n) is 6.96. The average molecular weight is 804 g/mol. The van der Waals surface area contributed by atoms with Crippen LogP contribution < -0.4 is 27.4 Å². The van der Waals surface area contributed by atoms with Crippen LogP contribution in [0, 0.1) is 0 Å². The van der Waals surface area contributed by atoms with Crippen molar-refractivity contribution < 1.29 is 42.6 Å². The van der Waals surface area contributed by atoms with Crippen LogP contribution in [-0.4, -0.2) is 70.9 Å². The quantitative estimate of drug-likeness (QED) is 0.0785. The highest BCUT2D eigenvalue weighted by molar-refractivity contribution is 6.04. The number of carbonyl (C=O) groups is 6. The number of esters is 2. The van der Waals surface area contributed by atoms with E-state index in [1.807, 2.05) is 42.5 Å². The zero-order valence-corrected chi connectivity index (χ0v) is 34.4. The minimum Gasteiger partial charge on any atom is -0.457 e. The van der Waals surface area contributed by atoms with Crippen molar-refractivity contribution >= 4 is 46.3 Å². The third kappa shape index (κ3) is 12.1. The number of amides is 4. The Morgan fingerprint density at radius 3 is 1.97 bits per heavy atom. The molecule has 3 aromatic carbocycles. The van der Waals surface area contributed by atoms with E-state index in [0.717, 1.165) is 22.8 Å². The summed E-state index contributed by atoms with van der Waals surface area (Å²) in [5, 5.41) is 10.6. The van der Waals surface area contributed by atoms with E-state index in [1.165, 1.54) is 24.3 Å². The predicted octanol–water partition coefficient (Wildman–Crippen LogP) is 4.49. The van der Waals surface area contributed by atoms with Gasteiger partial charge < -0.3 is 36.9 Å². The second-order valence-corrected chi connectivity index (χ2v) is 17.0. The van der Waals surface area contributed by atoms with Gasteiger partial charge >= 0.3 is 17.6 Å². The molecule has 0 unspecified atom stereocenters. The summed E-state index contributed by atoms with van der Waals surface area (Å²) in [5.74, 6) is -5.49. The molecule has 7 N–H and O–H groups in total. The van der Waals surface area contributed by atoms with Gasteiger partial charge in [0.2, 0.25) is 23.6 Å². The molecule has 0 saturated heterocycles. The lowest BCUT2D eigenvalue weighted by molar-refractivity contribution is -0.188. The van der Waals surface area contributed by atoms with Gasteiger partial charge in [-0.2, -0.15) is 0 Å². The number of benzene rings is 3. The zero-order valence-electron chi connectivity index (χ0n) is 34.4. The van der Waals surface area contributed by atoms with Gasteiger partial charge in [-0.05, 0) is 95.5 Å². The normalized spacial score (nSPS) is 15.4. The lowest BCUT2D eigenvalue weighted by Crippen LogP contribution is -2.64. The minimum atomic E-state index is -3.28. The summed E-state index contributed by atoms with van der Waals surface area (Å²) < 4.78 is 27.1. The molecule has 1 aliphatic rings. The molecular weight excluding hydrogens is 746 g/mol. The van der Waals surface area contributed by atoms with Gasteiger partial charge in [-0.1, -0.05) is 86.0 Å². The van der Waals surface area contributed by atoms with Crippen molar-refractivity contribution in [3.05, 3.63) is 83.4 Å². The van der Waals surface area contributed by atoms with Crippen LogP contribution >= 0.6 is 0 Å². The standard InChI is InChI=1S/C44H58FN5O8/c1-41(2,3)57-39(55)44(45,40(56)58-42(4,5)6)31-21-19-28(20-22-31)26-33(46)36(52)50-43(23-10-7-11-24-43)38(54)49-34(27-35(47)51)37(53)48-25-13-17-30-16-12-15-29-14-8-9-18-32(29)30/h8-9,12,14-16,18-22,33-34H,7,10-11,13,17,23-27,46H2,1-6H3,(H2,47,51)(H,48,53)(H,49,54)(H,50,52)/t33-,34-/m0/s1. The Labute approximate surface area is 339 Å². The van der Waals surface area contributed by atoms with Gasteiger partial charge in [-0.25, -0.2) is 14.0 Å². The molecule has 0 aromatic heterocycles. The predicted molar refractivity (Wildman–Crippen MR) is 218 cm³/mol. The van der Waals surface area contributed by atoms with Crippen molar-refractivity contribution in [1.29, 1.82) is 0 Å². The van der Waals surface area contributed by atoms with Crippen molar-refractivity contribution in [3.8, 4) is 0 Å². The number of hydrogen-bond acceptors (Lipinski definition) is 9. The maximum absolute atomic E-state index is 16.5. The maximum atomic E-state index is 16.5. The summed E-state index contributed by atoms with van der Waals surface area (Å²) in [6, 6.07) is 17.0. The molecule has 0 spiro atoms. The number of halogens is 1. The van der Waals surface area contributed by atoms with Crippen LogP contribution in [0.3, 0.4) is 0 Å². The van der Waals surface area contributed by atoms with Gasteiger partial charge in [0, 0.05) is 12.1 Å². The van der Waals surface area contributed by atoms with E-state index in [-0.39, 0.29) is 24.8 Å². The third-order valence-corrected chi connectivity index (χ3v) is 9.84. The molecule has 1 aliphatic carbocycles. The van der Waals surface area contributed by atoms with Gasteiger partial charge in [-0.3, -0.25) is 19.2 Å². The van der Waals surface area contributed by atoms with Crippen LogP contribution in [0.25, 0.3) is 10.8 Å². The van der Waals surface area contributed by atoms with E-state index in [2.05, 4.69) is 16.0 Å². The Morgan fingerprint density at radius 2 is 1.38 bits per heavy atom. The molecule has 14 heteroatoms. The molecule has 0 radical (unpaired) electrons. The lowest BCUT2D eigenvalue weighted by Gasteiger charge is -2.38. The highest BCUT2D eigenvalue weighted by Gasteiger charge is 2.54. The molecule has 3 aromatic rings. The van der Waals surface area contributed by atoms with Crippen LogP contribution in [0.1, 0.15) is 103 Å². The first kappa shape index (κ1) is 45.3. The minimum absolute atomic E-state index is 0.0482. The SMILES string of the molecule is CC(C)(C)OC(=O)C(F)(C(=O)OC(C)(C)C)c1ccc(C[C@H](N)C(=O)NC2(C(=O)N[C@@H](CC(N)=O)C(=O)NCCCc3cccc4ccccc34)CCCCC2)cc1. The number of hydrogen-bond donors (Lipinski definition) is 5. The largest absolute Gasteiger partial charge is 0.457 e. The summed E-state index contributed by atoms with van der Waals surface area (Å²) in [4.78, 5) is 79.1. The lowest BCUT2D eigenvalue weighted by atomic mass is 9.80. The van der Waals surface area contributed by atoms with E-state index in [4.69, 9.17) is 20.9 Å². The molecular formula is C44H58FN5O8. The summed E-state index contributed by atoms with van der Waals surface area (Å²) in [6.07, 6.45) is 3.43. The smallest absolute Gasteiger partial charge is 0.361 e. The molecule has 13 nitrogen and oxygen atoms in total. The number of nitrogens with one attached hydrogen (secondary N) is 3. The number of ether oxygens (including phenoxy) is 2. The fraction of sp³-hybridized carbons (Fsp3) is 0.500. The Kier molecular flexibility index (Phi) is 14.8. The van der Waals surface area contributed by atoms with Crippen LogP contribution in [0.15, 0.2) is 66.7 Å². The summed E-state index contributed by atoms with van der Waals surface area (Å²) in [5.41, 5.74) is 6.24. The summed E-state index contributed by atoms with van der Waals surface area (Å²) in [6.45, 7) is 9.56. The fourth-order valence-corrected chi connectivity index (χ4v) is 6.96. The third-order valence-electron chi connectivity index (χ3n) is 9.84. The van der Waals surface area contributed by atoms with Crippen molar-refractivity contribution in [2.24, 2.45) is 11.5 Å². The number of aryl methyl sites for hydroxylation is 1. The average Bonchev–Trinajstić information content (AvgIpc) is 3.14. The maximum Gasteiger partial charge on any atom is 0.361 e. The van der Waals surface area contributed by atoms with Gasteiger partial charge in [0.25, 0.3) is 0 Å². The number of carbonyl (C=O) groups excluding carboxylic acids is 6. The molecule has 1 fully saturated rings. The molecule has 1 saturated carbocycles. The Balaban J connectivity index is 1.42. The molecule has 4 amide bonds. The molecule has 0 bridgehead atoms. The van der Waals surface area contributed by atoms with Crippen LogP contribution in [0.4, 0.5) is 4.39 Å². The zero-order chi connectivity index (χ0) is 42.9. The van der Waals surface area contributed by atoms with Crippen molar-refractivity contribution in [2.75, 3.05) is 6.54 Å². The molecule has 0 heterocycles. The summed E-state index contributed by atoms with van der Waals surface area (Å²) in [7, 11) is 0. The van der Waals surface area contributed by atoms with Crippen LogP contribution in [0.2, 0.25) is 0 Å². The van der Waals surface area contributed by atoms with E-state index in [9.17, 15) is 28.8 Å². The van der Waals surface area contributed by atoms with E-state index in [1.54, 1.807) is 41.5 Å². The monoisotopic (exact) mass is 803 g/mol. The Morgan fingerprint density at radius 1 is 0.793 bits per heavy atom. The second-order valence-electron chi connectivity index (χ2n) is 17.0. The highest BCUT2D eigenvalue weighted by Crippen LogP contribution is 2.34. The van der Waals surface area contributed by atoms with Crippen LogP contribution in [-0.2, 0) is 56.8 Å². The number of nitrogens with two attached hydrogens (primary N) is 2. The van der Waals surface area contributed by atoms with E-state index >= 15 is 4.39 Å². The van der Waals surface area contributed by atoms with Gasteiger partial charge in [0.15, 0.2) is 0 Å². The van der Waals surface area contributed by atoms with Crippen molar-refractivity contribution in [2.45, 2.75) is 134 Å². The highest BCUT2D eigenvalue weighted by atomic mass is 19.1. The summed E-state index contributed by atoms with van der Waals surface area (Å²) >= 11 is 0. The van der Waals surface area contributed by atoms with Gasteiger partial charge in [0.1, 0.15) is 22.8 Å². The molecule has 58 heavy (non-hydrogen) atoms. The molecule has 2 atom stereocenters. The molecule has 4 rings (SSSR count). The second kappa shape index (κ2) is 18.9. The van der Waals surface area contributed by atoms with Crippen LogP contribution in [0.5, 0.6) is 0 Å². The molecule has 314 valence electrons. The topological polar surface area (TPSA) is 209 Å². The number of rotatable bonds is 16. The van der Waals surface area contributed by atoms with Gasteiger partial charge in [0.05, 0.1) is 12.5 Å². The number of primary amides is 1. The van der Waals surface area contributed by atoms with E-state index in [0.29, 0.717) is 37.8 Å².